The van der Waals surface area contributed by atoms with E-state index < -0.39 is 0 Å². The highest BCUT2D eigenvalue weighted by Crippen LogP contribution is 2.34. The summed E-state index contributed by atoms with van der Waals surface area (Å²) in [6.07, 6.45) is 1.65. The van der Waals surface area contributed by atoms with Gasteiger partial charge in [0.2, 0.25) is 0 Å². The lowest BCUT2D eigenvalue weighted by Crippen LogP contribution is -2.43. The van der Waals surface area contributed by atoms with E-state index in [0.717, 1.165) is 54.0 Å². The molecule has 2 aromatic heterocycles. The number of aromatic nitrogens is 3. The largest absolute Gasteiger partial charge is 0.369 e. The second-order valence-corrected chi connectivity index (χ2v) is 6.91. The van der Waals surface area contributed by atoms with E-state index in [0.29, 0.717) is 0 Å². The Balaban J connectivity index is 1.69. The minimum Gasteiger partial charge on any atom is -0.369 e. The lowest BCUT2D eigenvalue weighted by atomic mass is 10.0. The van der Waals surface area contributed by atoms with E-state index in [1.54, 1.807) is 6.33 Å². The molecule has 0 unspecified atom stereocenters. The van der Waals surface area contributed by atoms with Gasteiger partial charge in [0, 0.05) is 48.3 Å². The standard InChI is InChI=1S/C21H21N5/c1-14-3-2-4-15(11-14)20-19-17-6-5-16(26-9-7-22-8-10-26)12-18(17)25-21(19)24-13-23-20/h2-6,11-13,22H,7-10H2,1H3,(H,23,24,25). The molecular weight excluding hydrogens is 322 g/mol. The predicted molar refractivity (Wildman–Crippen MR) is 107 cm³/mol. The highest BCUT2D eigenvalue weighted by Gasteiger charge is 2.15. The number of anilines is 1. The molecule has 2 N–H and O–H groups in total. The number of hydrogen-bond acceptors (Lipinski definition) is 4. The molecule has 4 aromatic rings. The van der Waals surface area contributed by atoms with E-state index in [1.165, 1.54) is 16.6 Å². The minimum absolute atomic E-state index is 0.893. The van der Waals surface area contributed by atoms with Gasteiger partial charge >= 0.3 is 0 Å². The number of H-pyrrole nitrogens is 1. The zero-order valence-electron chi connectivity index (χ0n) is 14.8. The number of aromatic amines is 1. The lowest BCUT2D eigenvalue weighted by Gasteiger charge is -2.29. The third kappa shape index (κ3) is 2.52. The number of nitrogens with zero attached hydrogens (tertiary/aromatic N) is 3. The fraction of sp³-hybridized carbons (Fsp3) is 0.238. The van der Waals surface area contributed by atoms with Gasteiger partial charge in [-0.1, -0.05) is 29.8 Å². The van der Waals surface area contributed by atoms with Gasteiger partial charge < -0.3 is 15.2 Å². The SMILES string of the molecule is Cc1cccc(-c2ncnc3[nH]c4cc(N5CCNCC5)ccc4c23)c1. The number of nitrogens with one attached hydrogen (secondary N) is 2. The Hall–Kier alpha value is -2.92. The quantitative estimate of drug-likeness (QED) is 0.585. The first kappa shape index (κ1) is 15.3. The summed E-state index contributed by atoms with van der Waals surface area (Å²) in [5.74, 6) is 0. The molecule has 5 heteroatoms. The Morgan fingerprint density at radius 3 is 2.73 bits per heavy atom. The van der Waals surface area contributed by atoms with E-state index in [9.17, 15) is 0 Å². The van der Waals surface area contributed by atoms with E-state index in [4.69, 9.17) is 0 Å². The van der Waals surface area contributed by atoms with Crippen LogP contribution in [0.1, 0.15) is 5.56 Å². The van der Waals surface area contributed by atoms with Gasteiger partial charge in [-0.15, -0.1) is 0 Å². The molecule has 0 spiro atoms. The second kappa shape index (κ2) is 6.11. The minimum atomic E-state index is 0.893. The van der Waals surface area contributed by atoms with Gasteiger partial charge in [-0.25, -0.2) is 9.97 Å². The molecule has 5 nitrogen and oxygen atoms in total. The van der Waals surface area contributed by atoms with Crippen molar-refractivity contribution in [1.29, 1.82) is 0 Å². The monoisotopic (exact) mass is 343 g/mol. The number of fused-ring (bicyclic) bond motifs is 3. The Kier molecular flexibility index (Phi) is 3.60. The number of hydrogen-bond donors (Lipinski definition) is 2. The summed E-state index contributed by atoms with van der Waals surface area (Å²) in [5.41, 5.74) is 6.62. The van der Waals surface area contributed by atoms with Crippen molar-refractivity contribution in [1.82, 2.24) is 20.3 Å². The maximum absolute atomic E-state index is 4.60. The van der Waals surface area contributed by atoms with Crippen molar-refractivity contribution in [3.63, 3.8) is 0 Å². The molecule has 2 aromatic carbocycles. The maximum Gasteiger partial charge on any atom is 0.142 e. The van der Waals surface area contributed by atoms with Crippen LogP contribution in [-0.2, 0) is 0 Å². The highest BCUT2D eigenvalue weighted by atomic mass is 15.2. The van der Waals surface area contributed by atoms with E-state index in [1.807, 2.05) is 0 Å². The normalized spacial score (nSPS) is 15.0. The first-order valence-corrected chi connectivity index (χ1v) is 9.09. The van der Waals surface area contributed by atoms with Gasteiger partial charge in [-0.2, -0.15) is 0 Å². The van der Waals surface area contributed by atoms with Crippen molar-refractivity contribution in [2.24, 2.45) is 0 Å². The number of rotatable bonds is 2. The van der Waals surface area contributed by atoms with Crippen LogP contribution in [0.3, 0.4) is 0 Å². The van der Waals surface area contributed by atoms with Gasteiger partial charge in [0.15, 0.2) is 0 Å². The van der Waals surface area contributed by atoms with Crippen molar-refractivity contribution in [3.8, 4) is 11.3 Å². The van der Waals surface area contributed by atoms with Crippen LogP contribution in [0.4, 0.5) is 5.69 Å². The fourth-order valence-electron chi connectivity index (χ4n) is 3.85. The molecule has 0 saturated carbocycles. The van der Waals surface area contributed by atoms with Crippen LogP contribution in [0, 0.1) is 6.92 Å². The molecule has 0 bridgehead atoms. The Morgan fingerprint density at radius 1 is 1.00 bits per heavy atom. The average molecular weight is 343 g/mol. The molecule has 130 valence electrons. The van der Waals surface area contributed by atoms with E-state index in [2.05, 4.69) is 74.6 Å². The van der Waals surface area contributed by atoms with E-state index in [-0.39, 0.29) is 0 Å². The molecular formula is C21H21N5. The molecule has 1 aliphatic heterocycles. The molecule has 1 aliphatic rings. The Morgan fingerprint density at radius 2 is 1.88 bits per heavy atom. The van der Waals surface area contributed by atoms with Gasteiger partial charge in [0.05, 0.1) is 11.1 Å². The van der Waals surface area contributed by atoms with Crippen LogP contribution in [0.5, 0.6) is 0 Å². The summed E-state index contributed by atoms with van der Waals surface area (Å²) in [6.45, 7) is 6.26. The van der Waals surface area contributed by atoms with Crippen molar-refractivity contribution >= 4 is 27.6 Å². The average Bonchev–Trinajstić information content (AvgIpc) is 3.06. The third-order valence-corrected chi connectivity index (χ3v) is 5.15. The topological polar surface area (TPSA) is 56.8 Å². The summed E-state index contributed by atoms with van der Waals surface area (Å²) < 4.78 is 0. The zero-order valence-corrected chi connectivity index (χ0v) is 14.8. The predicted octanol–water partition coefficient (Wildman–Crippen LogP) is 3.50. The molecule has 0 radical (unpaired) electrons. The number of piperazine rings is 1. The van der Waals surface area contributed by atoms with E-state index >= 15 is 0 Å². The molecule has 0 aliphatic carbocycles. The smallest absolute Gasteiger partial charge is 0.142 e. The van der Waals surface area contributed by atoms with Gasteiger partial charge in [0.1, 0.15) is 12.0 Å². The zero-order chi connectivity index (χ0) is 17.5. The van der Waals surface area contributed by atoms with Crippen LogP contribution < -0.4 is 10.2 Å². The molecule has 1 fully saturated rings. The third-order valence-electron chi connectivity index (χ3n) is 5.15. The number of benzene rings is 2. The van der Waals surface area contributed by atoms with Crippen molar-refractivity contribution in [3.05, 3.63) is 54.4 Å². The Labute approximate surface area is 152 Å². The van der Waals surface area contributed by atoms with Crippen molar-refractivity contribution in [2.45, 2.75) is 6.92 Å². The molecule has 0 atom stereocenters. The molecule has 1 saturated heterocycles. The van der Waals surface area contributed by atoms with Crippen LogP contribution in [0.15, 0.2) is 48.8 Å². The van der Waals surface area contributed by atoms with Crippen LogP contribution in [0.2, 0.25) is 0 Å². The van der Waals surface area contributed by atoms with Gasteiger partial charge in [-0.3, -0.25) is 0 Å². The summed E-state index contributed by atoms with van der Waals surface area (Å²) in [6, 6.07) is 15.1. The molecule has 0 amide bonds. The maximum atomic E-state index is 4.60. The number of aryl methyl sites for hydroxylation is 1. The summed E-state index contributed by atoms with van der Waals surface area (Å²) in [7, 11) is 0. The van der Waals surface area contributed by atoms with Crippen molar-refractivity contribution < 1.29 is 0 Å². The van der Waals surface area contributed by atoms with Crippen LogP contribution in [-0.4, -0.2) is 41.1 Å². The summed E-state index contributed by atoms with van der Waals surface area (Å²) >= 11 is 0. The molecule has 3 heterocycles. The fourth-order valence-corrected chi connectivity index (χ4v) is 3.85. The van der Waals surface area contributed by atoms with Crippen LogP contribution >= 0.6 is 0 Å². The first-order chi connectivity index (χ1) is 12.8. The van der Waals surface area contributed by atoms with Crippen molar-refractivity contribution in [2.75, 3.05) is 31.1 Å². The van der Waals surface area contributed by atoms with Gasteiger partial charge in [0.25, 0.3) is 0 Å². The first-order valence-electron chi connectivity index (χ1n) is 9.09. The summed E-state index contributed by atoms with van der Waals surface area (Å²) in [5, 5.41) is 5.68. The lowest BCUT2D eigenvalue weighted by molar-refractivity contribution is 0.589. The molecule has 5 rings (SSSR count). The molecule has 26 heavy (non-hydrogen) atoms. The Bertz CT molecular complexity index is 1090. The second-order valence-electron chi connectivity index (χ2n) is 6.91. The van der Waals surface area contributed by atoms with Crippen LogP contribution in [0.25, 0.3) is 33.2 Å². The highest BCUT2D eigenvalue weighted by molar-refractivity contribution is 6.12. The summed E-state index contributed by atoms with van der Waals surface area (Å²) in [4.78, 5) is 15.0. The van der Waals surface area contributed by atoms with Gasteiger partial charge in [-0.05, 0) is 25.1 Å².